The van der Waals surface area contributed by atoms with E-state index in [1.807, 2.05) is 0 Å². The second-order valence-electron chi connectivity index (χ2n) is 13.3. The quantitative estimate of drug-likeness (QED) is 0.183. The molecule has 3 heterocycles. The summed E-state index contributed by atoms with van der Waals surface area (Å²) in [7, 11) is 0. The molecule has 0 N–H and O–H groups in total. The van der Waals surface area contributed by atoms with Crippen LogP contribution in [0, 0.1) is 0 Å². The number of aromatic nitrogens is 2. The van der Waals surface area contributed by atoms with Gasteiger partial charge in [0.25, 0.3) is 0 Å². The van der Waals surface area contributed by atoms with Gasteiger partial charge in [0.15, 0.2) is 0 Å². The Bertz CT molecular complexity index is 3060. The minimum atomic E-state index is 0.886. The van der Waals surface area contributed by atoms with Crippen molar-refractivity contribution < 1.29 is 4.42 Å². The van der Waals surface area contributed by atoms with E-state index in [-0.39, 0.29) is 0 Å². The van der Waals surface area contributed by atoms with Crippen LogP contribution in [0.25, 0.3) is 76.9 Å². The molecule has 0 aliphatic rings. The van der Waals surface area contributed by atoms with Gasteiger partial charge in [-0.05, 0) is 78.9 Å². The third-order valence-corrected chi connectivity index (χ3v) is 10.5. The highest BCUT2D eigenvalue weighted by molar-refractivity contribution is 6.34. The van der Waals surface area contributed by atoms with E-state index in [1.165, 1.54) is 10.8 Å². The summed E-state index contributed by atoms with van der Waals surface area (Å²) >= 11 is 0. The number of furan rings is 1. The third kappa shape index (κ3) is 4.09. The van der Waals surface area contributed by atoms with Crippen molar-refractivity contribution in [2.24, 2.45) is 0 Å². The highest BCUT2D eigenvalue weighted by atomic mass is 16.3. The summed E-state index contributed by atoms with van der Waals surface area (Å²) in [4.78, 5) is 2.41. The molecular formula is C48H31N3O. The van der Waals surface area contributed by atoms with Crippen LogP contribution in [0.3, 0.4) is 0 Å². The van der Waals surface area contributed by atoms with E-state index < -0.39 is 0 Å². The van der Waals surface area contributed by atoms with Crippen molar-refractivity contribution in [2.45, 2.75) is 0 Å². The fourth-order valence-electron chi connectivity index (χ4n) is 8.35. The first-order valence-corrected chi connectivity index (χ1v) is 17.7. The monoisotopic (exact) mass is 665 g/mol. The van der Waals surface area contributed by atoms with Gasteiger partial charge >= 0.3 is 0 Å². The molecule has 0 amide bonds. The van der Waals surface area contributed by atoms with Crippen LogP contribution >= 0.6 is 0 Å². The number of anilines is 3. The van der Waals surface area contributed by atoms with Gasteiger partial charge in [-0.15, -0.1) is 0 Å². The van der Waals surface area contributed by atoms with E-state index in [1.54, 1.807) is 0 Å². The summed E-state index contributed by atoms with van der Waals surface area (Å²) in [5.74, 6) is 0. The minimum Gasteiger partial charge on any atom is -0.455 e. The fraction of sp³-hybridized carbons (Fsp3) is 0. The molecule has 0 saturated carbocycles. The third-order valence-electron chi connectivity index (χ3n) is 10.5. The smallest absolute Gasteiger partial charge is 0.145 e. The zero-order valence-corrected chi connectivity index (χ0v) is 28.1. The second kappa shape index (κ2) is 11.2. The lowest BCUT2D eigenvalue weighted by atomic mass is 10.0. The predicted molar refractivity (Wildman–Crippen MR) is 217 cm³/mol. The molecule has 3 aromatic heterocycles. The van der Waals surface area contributed by atoms with E-state index in [0.29, 0.717) is 0 Å². The summed E-state index contributed by atoms with van der Waals surface area (Å²) in [6, 6.07) is 67.0. The molecule has 0 saturated heterocycles. The maximum atomic E-state index is 6.91. The van der Waals surface area contributed by atoms with Gasteiger partial charge in [0.2, 0.25) is 0 Å². The van der Waals surface area contributed by atoms with E-state index in [4.69, 9.17) is 4.42 Å². The van der Waals surface area contributed by atoms with E-state index >= 15 is 0 Å². The normalized spacial score (nSPS) is 11.8. The van der Waals surface area contributed by atoms with Gasteiger partial charge in [-0.1, -0.05) is 109 Å². The number of nitrogens with zero attached hydrogens (tertiary/aromatic N) is 3. The topological polar surface area (TPSA) is 26.2 Å². The Morgan fingerprint density at radius 1 is 0.385 bits per heavy atom. The SMILES string of the molecule is c1ccc(N(c2ccccc2)c2cc3c(c4ccccc4n3-c3ccccc3)c3c2c2c4oc5ccccc5c4ccc2n3-c2ccccc2)cc1. The molecule has 52 heavy (non-hydrogen) atoms. The lowest BCUT2D eigenvalue weighted by Gasteiger charge is -2.27. The molecular weight excluding hydrogens is 635 g/mol. The minimum absolute atomic E-state index is 0.886. The highest BCUT2D eigenvalue weighted by Crippen LogP contribution is 2.51. The number of para-hydroxylation sites is 6. The lowest BCUT2D eigenvalue weighted by molar-refractivity contribution is 0.673. The molecule has 0 aliphatic heterocycles. The van der Waals surface area contributed by atoms with Crippen molar-refractivity contribution in [1.29, 1.82) is 0 Å². The molecule has 0 bridgehead atoms. The number of rotatable bonds is 5. The van der Waals surface area contributed by atoms with Crippen molar-refractivity contribution in [3.8, 4) is 11.4 Å². The van der Waals surface area contributed by atoms with E-state index in [2.05, 4.69) is 202 Å². The summed E-state index contributed by atoms with van der Waals surface area (Å²) < 4.78 is 11.8. The van der Waals surface area contributed by atoms with Crippen molar-refractivity contribution in [3.63, 3.8) is 0 Å². The number of benzene rings is 8. The molecule has 244 valence electrons. The van der Waals surface area contributed by atoms with E-state index in [0.717, 1.165) is 83.2 Å². The molecule has 0 spiro atoms. The molecule has 0 atom stereocenters. The Labute approximate surface area is 299 Å². The summed E-state index contributed by atoms with van der Waals surface area (Å²) in [6.45, 7) is 0. The summed E-state index contributed by atoms with van der Waals surface area (Å²) in [5.41, 5.74) is 11.8. The Morgan fingerprint density at radius 2 is 0.942 bits per heavy atom. The molecule has 0 radical (unpaired) electrons. The highest BCUT2D eigenvalue weighted by Gasteiger charge is 2.28. The zero-order chi connectivity index (χ0) is 34.2. The van der Waals surface area contributed by atoms with Crippen LogP contribution in [0.15, 0.2) is 192 Å². The van der Waals surface area contributed by atoms with Gasteiger partial charge in [-0.2, -0.15) is 0 Å². The number of hydrogen-bond acceptors (Lipinski definition) is 2. The van der Waals surface area contributed by atoms with Gasteiger partial charge in [0, 0.05) is 49.7 Å². The van der Waals surface area contributed by atoms with Crippen LogP contribution in [-0.4, -0.2) is 9.13 Å². The van der Waals surface area contributed by atoms with Gasteiger partial charge in [-0.25, -0.2) is 0 Å². The van der Waals surface area contributed by atoms with Crippen molar-refractivity contribution >= 4 is 82.6 Å². The van der Waals surface area contributed by atoms with Crippen molar-refractivity contribution in [2.75, 3.05) is 4.90 Å². The lowest BCUT2D eigenvalue weighted by Crippen LogP contribution is -2.10. The first-order valence-electron chi connectivity index (χ1n) is 17.7. The first-order chi connectivity index (χ1) is 25.8. The standard InChI is InChI=1S/C48H31N3O/c1-5-17-32(18-6-1)49(33-19-7-2-8-20-33)42-31-41-44(38-26-13-15-27-39(38)50(41)34-21-9-3-10-22-34)47-45(42)46-40(51(47)35-23-11-4-12-24-35)30-29-37-36-25-14-16-28-43(36)52-48(37)46/h1-31H. The fourth-order valence-corrected chi connectivity index (χ4v) is 8.35. The maximum Gasteiger partial charge on any atom is 0.145 e. The maximum absolute atomic E-state index is 6.91. The van der Waals surface area contributed by atoms with Crippen LogP contribution in [-0.2, 0) is 0 Å². The predicted octanol–water partition coefficient (Wildman–Crippen LogP) is 13.2. The number of hydrogen-bond donors (Lipinski definition) is 0. The molecule has 4 heteroatoms. The van der Waals surface area contributed by atoms with Crippen molar-refractivity contribution in [1.82, 2.24) is 9.13 Å². The molecule has 0 unspecified atom stereocenters. The van der Waals surface area contributed by atoms with Crippen LogP contribution in [0.2, 0.25) is 0 Å². The largest absolute Gasteiger partial charge is 0.455 e. The van der Waals surface area contributed by atoms with Gasteiger partial charge in [0.1, 0.15) is 11.2 Å². The summed E-state index contributed by atoms with van der Waals surface area (Å²) in [5, 5.41) is 6.86. The van der Waals surface area contributed by atoms with Crippen molar-refractivity contribution in [3.05, 3.63) is 188 Å². The average molecular weight is 666 g/mol. The Morgan fingerprint density at radius 3 is 1.62 bits per heavy atom. The van der Waals surface area contributed by atoms with Crippen LogP contribution in [0.4, 0.5) is 17.1 Å². The molecule has 8 aromatic carbocycles. The average Bonchev–Trinajstić information content (AvgIpc) is 3.87. The Kier molecular flexibility index (Phi) is 6.22. The van der Waals surface area contributed by atoms with Crippen LogP contribution < -0.4 is 4.90 Å². The Balaban J connectivity index is 1.46. The van der Waals surface area contributed by atoms with Gasteiger partial charge in [-0.3, -0.25) is 0 Å². The molecule has 11 aromatic rings. The second-order valence-corrected chi connectivity index (χ2v) is 13.3. The molecule has 4 nitrogen and oxygen atoms in total. The molecule has 11 rings (SSSR count). The molecule has 0 fully saturated rings. The first kappa shape index (κ1) is 28.8. The van der Waals surface area contributed by atoms with Crippen LogP contribution in [0.5, 0.6) is 0 Å². The Hall–Kier alpha value is -7.04. The van der Waals surface area contributed by atoms with Gasteiger partial charge < -0.3 is 18.5 Å². The molecule has 0 aliphatic carbocycles. The van der Waals surface area contributed by atoms with Gasteiger partial charge in [0.05, 0.1) is 33.1 Å². The number of fused-ring (bicyclic) bond motifs is 11. The van der Waals surface area contributed by atoms with Crippen LogP contribution in [0.1, 0.15) is 0 Å². The zero-order valence-electron chi connectivity index (χ0n) is 28.1. The van der Waals surface area contributed by atoms with E-state index in [9.17, 15) is 0 Å². The summed E-state index contributed by atoms with van der Waals surface area (Å²) in [6.07, 6.45) is 0.